The highest BCUT2D eigenvalue weighted by Crippen LogP contribution is 2.35. The molecule has 0 saturated heterocycles. The molecule has 0 radical (unpaired) electrons. The molecular formula is C27H22ClN3O6. The fraction of sp³-hybridized carbons (Fsp3) is 0.148. The van der Waals surface area contributed by atoms with Crippen molar-refractivity contribution in [1.82, 2.24) is 15.0 Å². The number of methoxy groups -OCH3 is 3. The van der Waals surface area contributed by atoms with E-state index in [0.717, 1.165) is 5.69 Å². The van der Waals surface area contributed by atoms with Crippen molar-refractivity contribution in [3.05, 3.63) is 87.8 Å². The third kappa shape index (κ3) is 4.81. The molecule has 0 aliphatic rings. The van der Waals surface area contributed by atoms with Gasteiger partial charge in [0, 0.05) is 23.8 Å². The molecule has 0 N–H and O–H groups in total. The number of rotatable bonds is 8. The van der Waals surface area contributed by atoms with Gasteiger partial charge in [-0.2, -0.15) is 0 Å². The Kier molecular flexibility index (Phi) is 6.70. The van der Waals surface area contributed by atoms with E-state index in [-0.39, 0.29) is 12.0 Å². The van der Waals surface area contributed by atoms with Crippen LogP contribution in [0.25, 0.3) is 28.0 Å². The van der Waals surface area contributed by atoms with Crippen LogP contribution >= 0.6 is 11.6 Å². The van der Waals surface area contributed by atoms with Crippen LogP contribution in [0.4, 0.5) is 0 Å². The minimum atomic E-state index is -0.239. The zero-order valence-electron chi connectivity index (χ0n) is 20.2. The summed E-state index contributed by atoms with van der Waals surface area (Å²) >= 11 is 6.24. The van der Waals surface area contributed by atoms with Gasteiger partial charge in [0.1, 0.15) is 40.5 Å². The fourth-order valence-electron chi connectivity index (χ4n) is 3.86. The lowest BCUT2D eigenvalue weighted by atomic mass is 10.1. The topological polar surface area (TPSA) is 97.8 Å². The molecule has 5 rings (SSSR count). The maximum Gasteiger partial charge on any atom is 0.197 e. The summed E-state index contributed by atoms with van der Waals surface area (Å²) in [5.41, 5.74) is 2.07. The Morgan fingerprint density at radius 2 is 1.73 bits per heavy atom. The van der Waals surface area contributed by atoms with Crippen molar-refractivity contribution < 1.29 is 23.4 Å². The van der Waals surface area contributed by atoms with Gasteiger partial charge in [0.25, 0.3) is 0 Å². The van der Waals surface area contributed by atoms with Gasteiger partial charge in [0.2, 0.25) is 0 Å². The van der Waals surface area contributed by atoms with E-state index in [1.165, 1.54) is 27.4 Å². The Morgan fingerprint density at radius 3 is 2.49 bits per heavy atom. The van der Waals surface area contributed by atoms with Crippen LogP contribution in [0.3, 0.4) is 0 Å². The predicted octanol–water partition coefficient (Wildman–Crippen LogP) is 5.30. The van der Waals surface area contributed by atoms with E-state index in [1.807, 2.05) is 18.2 Å². The molecule has 5 aromatic rings. The number of ether oxygens (including phenoxy) is 4. The monoisotopic (exact) mass is 519 g/mol. The number of hydrogen-bond acceptors (Lipinski definition) is 8. The highest BCUT2D eigenvalue weighted by atomic mass is 35.5. The molecule has 0 unspecified atom stereocenters. The molecule has 0 saturated carbocycles. The van der Waals surface area contributed by atoms with E-state index in [0.29, 0.717) is 56.0 Å². The fourth-order valence-corrected chi connectivity index (χ4v) is 4.08. The summed E-state index contributed by atoms with van der Waals surface area (Å²) in [6.45, 7) is 0.158. The van der Waals surface area contributed by atoms with Crippen molar-refractivity contribution in [2.75, 3.05) is 21.3 Å². The van der Waals surface area contributed by atoms with Gasteiger partial charge in [-0.25, -0.2) is 4.68 Å². The molecule has 3 aromatic carbocycles. The van der Waals surface area contributed by atoms with Gasteiger partial charge in [-0.05, 0) is 30.3 Å². The lowest BCUT2D eigenvalue weighted by Gasteiger charge is -2.12. The first-order valence-electron chi connectivity index (χ1n) is 11.2. The number of aromatic nitrogens is 3. The smallest absolute Gasteiger partial charge is 0.197 e. The average Bonchev–Trinajstić information content (AvgIpc) is 3.39. The van der Waals surface area contributed by atoms with E-state index in [2.05, 4.69) is 10.3 Å². The third-order valence-electron chi connectivity index (χ3n) is 5.69. The average molecular weight is 520 g/mol. The quantitative estimate of drug-likeness (QED) is 0.272. The van der Waals surface area contributed by atoms with Crippen LogP contribution < -0.4 is 24.4 Å². The van der Waals surface area contributed by atoms with Crippen LogP contribution in [-0.2, 0) is 6.61 Å². The Bertz CT molecular complexity index is 1650. The van der Waals surface area contributed by atoms with Gasteiger partial charge in [0.05, 0.1) is 38.2 Å². The summed E-state index contributed by atoms with van der Waals surface area (Å²) in [7, 11) is 4.55. The molecule has 188 valence electrons. The normalized spacial score (nSPS) is 10.9. The SMILES string of the molecule is COc1cc(OC)c2c(=O)cc(-c3ccc(OCc4cn(-c5ccccc5Cl)nn4)c(OC)c3)oc2c1. The molecule has 10 heteroatoms. The number of benzene rings is 3. The number of hydrogen-bond donors (Lipinski definition) is 0. The van der Waals surface area contributed by atoms with E-state index < -0.39 is 0 Å². The highest BCUT2D eigenvalue weighted by Gasteiger charge is 2.16. The van der Waals surface area contributed by atoms with Crippen LogP contribution in [0.5, 0.6) is 23.0 Å². The molecule has 0 aliphatic heterocycles. The Balaban J connectivity index is 1.41. The molecule has 0 aliphatic carbocycles. The van der Waals surface area contributed by atoms with Gasteiger partial charge < -0.3 is 23.4 Å². The number of para-hydroxylation sites is 1. The third-order valence-corrected chi connectivity index (χ3v) is 6.01. The van der Waals surface area contributed by atoms with Crippen LogP contribution in [0.2, 0.25) is 5.02 Å². The molecule has 2 aromatic heterocycles. The second-order valence-corrected chi connectivity index (χ2v) is 8.35. The minimum absolute atomic E-state index is 0.158. The maximum atomic E-state index is 12.9. The minimum Gasteiger partial charge on any atom is -0.496 e. The van der Waals surface area contributed by atoms with Crippen molar-refractivity contribution in [3.63, 3.8) is 0 Å². The van der Waals surface area contributed by atoms with Crippen molar-refractivity contribution in [2.24, 2.45) is 0 Å². The van der Waals surface area contributed by atoms with Gasteiger partial charge in [0.15, 0.2) is 16.9 Å². The standard InChI is InChI=1S/C27H22ClN3O6/c1-33-18-11-25(35-3)27-21(32)13-23(37-26(27)12-18)16-8-9-22(24(10-16)34-2)36-15-17-14-31(30-29-17)20-7-5-4-6-19(20)28/h4-14H,15H2,1-3H3. The van der Waals surface area contributed by atoms with Crippen LogP contribution in [-0.4, -0.2) is 36.3 Å². The van der Waals surface area contributed by atoms with Crippen molar-refractivity contribution in [1.29, 1.82) is 0 Å². The van der Waals surface area contributed by atoms with E-state index in [9.17, 15) is 4.79 Å². The van der Waals surface area contributed by atoms with Gasteiger partial charge in [-0.15, -0.1) is 5.10 Å². The zero-order chi connectivity index (χ0) is 25.9. The zero-order valence-corrected chi connectivity index (χ0v) is 21.0. The first-order chi connectivity index (χ1) is 18.0. The summed E-state index contributed by atoms with van der Waals surface area (Å²) in [5.74, 6) is 2.20. The predicted molar refractivity (Wildman–Crippen MR) is 138 cm³/mol. The van der Waals surface area contributed by atoms with Crippen molar-refractivity contribution >= 4 is 22.6 Å². The number of fused-ring (bicyclic) bond motifs is 1. The van der Waals surface area contributed by atoms with Crippen LogP contribution in [0.15, 0.2) is 76.1 Å². The van der Waals surface area contributed by atoms with Crippen molar-refractivity contribution in [2.45, 2.75) is 6.61 Å². The molecular weight excluding hydrogens is 498 g/mol. The molecule has 2 heterocycles. The Labute approximate surface area is 216 Å². The maximum absolute atomic E-state index is 12.9. The van der Waals surface area contributed by atoms with Gasteiger partial charge in [-0.1, -0.05) is 28.9 Å². The second kappa shape index (κ2) is 10.2. The summed E-state index contributed by atoms with van der Waals surface area (Å²) in [6, 6.07) is 17.3. The van der Waals surface area contributed by atoms with Crippen molar-refractivity contribution in [3.8, 4) is 40.0 Å². The lowest BCUT2D eigenvalue weighted by molar-refractivity contribution is 0.280. The first-order valence-corrected chi connectivity index (χ1v) is 11.6. The van der Waals surface area contributed by atoms with Gasteiger partial charge in [-0.3, -0.25) is 4.79 Å². The molecule has 37 heavy (non-hydrogen) atoms. The Hall–Kier alpha value is -4.50. The molecule has 0 spiro atoms. The van der Waals surface area contributed by atoms with E-state index in [4.69, 9.17) is 35.0 Å². The van der Waals surface area contributed by atoms with Crippen LogP contribution in [0.1, 0.15) is 5.69 Å². The highest BCUT2D eigenvalue weighted by molar-refractivity contribution is 6.32. The molecule has 0 fully saturated rings. The second-order valence-electron chi connectivity index (χ2n) is 7.94. The van der Waals surface area contributed by atoms with E-state index >= 15 is 0 Å². The first kappa shape index (κ1) is 24.2. The summed E-state index contributed by atoms with van der Waals surface area (Å²) in [4.78, 5) is 12.9. The molecule has 9 nitrogen and oxygen atoms in total. The number of nitrogens with zero attached hydrogens (tertiary/aromatic N) is 3. The van der Waals surface area contributed by atoms with Gasteiger partial charge >= 0.3 is 0 Å². The number of halogens is 1. The molecule has 0 atom stereocenters. The summed E-state index contributed by atoms with van der Waals surface area (Å²) in [6.07, 6.45) is 1.74. The lowest BCUT2D eigenvalue weighted by Crippen LogP contribution is -2.03. The molecule has 0 bridgehead atoms. The Morgan fingerprint density at radius 1 is 0.919 bits per heavy atom. The summed E-state index contributed by atoms with van der Waals surface area (Å²) in [5, 5.41) is 9.18. The van der Waals surface area contributed by atoms with E-state index in [1.54, 1.807) is 47.3 Å². The summed E-state index contributed by atoms with van der Waals surface area (Å²) < 4.78 is 29.8. The molecule has 0 amide bonds. The largest absolute Gasteiger partial charge is 0.496 e. The van der Waals surface area contributed by atoms with Crippen LogP contribution in [0, 0.1) is 0 Å².